The maximum atomic E-state index is 12.8. The SMILES string of the molecule is COc1ccc2c(c1)CCN1C(=O)C3CCCC(C21)N3C.O=CNc1ccc([NH2+]O)cc1. The zero-order chi connectivity index (χ0) is 22.7. The normalized spacial score (nSPS) is 23.9. The zero-order valence-electron chi connectivity index (χ0n) is 18.5. The molecule has 0 aromatic heterocycles. The number of fused-ring (bicyclic) bond motifs is 6. The molecule has 2 amide bonds. The van der Waals surface area contributed by atoms with E-state index in [0.29, 0.717) is 29.7 Å². The second-order valence-corrected chi connectivity index (χ2v) is 8.48. The number of nitrogens with two attached hydrogens (primary N) is 1. The Balaban J connectivity index is 0.000000189. The van der Waals surface area contributed by atoms with E-state index in [2.05, 4.69) is 34.3 Å². The molecule has 170 valence electrons. The van der Waals surface area contributed by atoms with Crippen molar-refractivity contribution in [3.63, 3.8) is 0 Å². The van der Waals surface area contributed by atoms with E-state index in [1.165, 1.54) is 24.0 Å². The van der Waals surface area contributed by atoms with Gasteiger partial charge in [0.1, 0.15) is 5.75 Å². The number of anilines is 1. The van der Waals surface area contributed by atoms with Crippen molar-refractivity contribution in [3.05, 3.63) is 53.6 Å². The predicted octanol–water partition coefficient (Wildman–Crippen LogP) is 1.83. The third-order valence-corrected chi connectivity index (χ3v) is 6.84. The van der Waals surface area contributed by atoms with Gasteiger partial charge in [-0.05, 0) is 68.1 Å². The fourth-order valence-electron chi connectivity index (χ4n) is 5.19. The molecule has 2 fully saturated rings. The lowest BCUT2D eigenvalue weighted by molar-refractivity contribution is -0.825. The number of hydrogen-bond donors (Lipinski definition) is 3. The molecule has 3 heterocycles. The molecule has 0 aliphatic carbocycles. The number of methoxy groups -OCH3 is 1. The van der Waals surface area contributed by atoms with Crippen molar-refractivity contribution in [1.29, 1.82) is 0 Å². The molecule has 4 N–H and O–H groups in total. The molecule has 0 radical (unpaired) electrons. The summed E-state index contributed by atoms with van der Waals surface area (Å²) in [6.45, 7) is 0.852. The van der Waals surface area contributed by atoms with Gasteiger partial charge in [0.15, 0.2) is 5.69 Å². The Bertz CT molecular complexity index is 965. The number of nitrogens with one attached hydrogen (secondary N) is 1. The maximum absolute atomic E-state index is 12.8. The van der Waals surface area contributed by atoms with Gasteiger partial charge in [-0.1, -0.05) is 6.07 Å². The zero-order valence-corrected chi connectivity index (χ0v) is 18.5. The summed E-state index contributed by atoms with van der Waals surface area (Å²) >= 11 is 0. The van der Waals surface area contributed by atoms with Crippen LogP contribution in [-0.4, -0.2) is 60.1 Å². The van der Waals surface area contributed by atoms with Crippen LogP contribution in [0, 0.1) is 0 Å². The van der Waals surface area contributed by atoms with Gasteiger partial charge in [-0.25, -0.2) is 5.21 Å². The lowest BCUT2D eigenvalue weighted by Gasteiger charge is -2.54. The fraction of sp³-hybridized carbons (Fsp3) is 0.417. The average Bonchev–Trinajstić information content (AvgIpc) is 2.83. The summed E-state index contributed by atoms with van der Waals surface area (Å²) in [5, 5.41) is 11.0. The average molecular weight is 440 g/mol. The molecular weight excluding hydrogens is 408 g/mol. The quantitative estimate of drug-likeness (QED) is 0.384. The van der Waals surface area contributed by atoms with Gasteiger partial charge in [-0.3, -0.25) is 14.5 Å². The van der Waals surface area contributed by atoms with Crippen LogP contribution in [0.1, 0.15) is 36.4 Å². The van der Waals surface area contributed by atoms with E-state index in [1.807, 2.05) is 6.07 Å². The number of amides is 2. The van der Waals surface area contributed by atoms with Crippen LogP contribution in [0.25, 0.3) is 0 Å². The highest BCUT2D eigenvalue weighted by Crippen LogP contribution is 2.44. The first-order chi connectivity index (χ1) is 15.6. The monoisotopic (exact) mass is 439 g/mol. The van der Waals surface area contributed by atoms with Crippen LogP contribution in [0.5, 0.6) is 5.75 Å². The molecule has 0 saturated carbocycles. The smallest absolute Gasteiger partial charge is 0.240 e. The van der Waals surface area contributed by atoms with Gasteiger partial charge in [0.2, 0.25) is 12.3 Å². The molecule has 2 saturated heterocycles. The summed E-state index contributed by atoms with van der Waals surface area (Å²) in [7, 11) is 3.84. The third kappa shape index (κ3) is 4.21. The summed E-state index contributed by atoms with van der Waals surface area (Å²) < 4.78 is 5.35. The van der Waals surface area contributed by atoms with E-state index in [4.69, 9.17) is 9.94 Å². The number of piperidine rings is 1. The minimum atomic E-state index is 0.111. The van der Waals surface area contributed by atoms with Crippen LogP contribution in [-0.2, 0) is 16.0 Å². The summed E-state index contributed by atoms with van der Waals surface area (Å²) in [6.07, 6.45) is 4.92. The Kier molecular flexibility index (Phi) is 6.74. The molecule has 32 heavy (non-hydrogen) atoms. The second kappa shape index (κ2) is 9.68. The Morgan fingerprint density at radius 1 is 1.19 bits per heavy atom. The lowest BCUT2D eigenvalue weighted by atomic mass is 9.79. The van der Waals surface area contributed by atoms with Gasteiger partial charge >= 0.3 is 0 Å². The fourth-order valence-corrected chi connectivity index (χ4v) is 5.19. The number of quaternary nitrogens is 1. The molecule has 8 heteroatoms. The summed E-state index contributed by atoms with van der Waals surface area (Å²) in [6, 6.07) is 14.0. The topological polar surface area (TPSA) is 98.7 Å². The molecule has 3 atom stereocenters. The first kappa shape index (κ1) is 22.3. The van der Waals surface area contributed by atoms with E-state index in [0.717, 1.165) is 30.6 Å². The van der Waals surface area contributed by atoms with Crippen molar-refractivity contribution in [2.24, 2.45) is 0 Å². The number of hydrogen-bond acceptors (Lipinski definition) is 5. The van der Waals surface area contributed by atoms with Gasteiger partial charge in [0.05, 0.1) is 19.2 Å². The van der Waals surface area contributed by atoms with Gasteiger partial charge < -0.3 is 15.0 Å². The third-order valence-electron chi connectivity index (χ3n) is 6.84. The molecule has 5 rings (SSSR count). The van der Waals surface area contributed by atoms with Crippen molar-refractivity contribution < 1.29 is 25.0 Å². The van der Waals surface area contributed by atoms with E-state index >= 15 is 0 Å². The highest BCUT2D eigenvalue weighted by atomic mass is 16.5. The van der Waals surface area contributed by atoms with Crippen LogP contribution in [0.3, 0.4) is 0 Å². The largest absolute Gasteiger partial charge is 0.497 e. The second-order valence-electron chi connectivity index (χ2n) is 8.48. The van der Waals surface area contributed by atoms with Crippen LogP contribution >= 0.6 is 0 Å². The van der Waals surface area contributed by atoms with Gasteiger partial charge in [-0.15, -0.1) is 0 Å². The van der Waals surface area contributed by atoms with E-state index in [-0.39, 0.29) is 12.1 Å². The van der Waals surface area contributed by atoms with E-state index in [1.54, 1.807) is 31.4 Å². The maximum Gasteiger partial charge on any atom is 0.240 e. The summed E-state index contributed by atoms with van der Waals surface area (Å²) in [4.78, 5) is 27.2. The summed E-state index contributed by atoms with van der Waals surface area (Å²) in [5.74, 6) is 1.25. The Morgan fingerprint density at radius 3 is 2.66 bits per heavy atom. The lowest BCUT2D eigenvalue weighted by Crippen LogP contribution is -2.73. The standard InChI is InChI=1S/C17H22N2O2.C7H8N2O2/c1-18-14-4-3-5-15(18)17(20)19-9-8-11-10-12(21-2)6-7-13(11)16(14)19;10-5-8-6-1-3-7(9-11)4-2-6/h6-7,10,14-16H,3-5,8-9H2,1-2H3;1-5,9,11H,(H,8,10)/p+1. The Morgan fingerprint density at radius 2 is 1.97 bits per heavy atom. The number of carbonyl (C=O) groups excluding carboxylic acids is 2. The highest BCUT2D eigenvalue weighted by Gasteiger charge is 2.49. The number of piperazine rings is 1. The van der Waals surface area contributed by atoms with Crippen LogP contribution < -0.4 is 15.5 Å². The van der Waals surface area contributed by atoms with Gasteiger partial charge in [0, 0.05) is 30.4 Å². The number of likely N-dealkylation sites (N-methyl/N-ethyl adjacent to an activating group) is 1. The molecular formula is C24H31N4O4+. The Labute approximate surface area is 188 Å². The van der Waals surface area contributed by atoms with Gasteiger partial charge in [-0.2, -0.15) is 5.48 Å². The van der Waals surface area contributed by atoms with Crippen LogP contribution in [0.2, 0.25) is 0 Å². The highest BCUT2D eigenvalue weighted by molar-refractivity contribution is 5.84. The minimum absolute atomic E-state index is 0.111. The van der Waals surface area contributed by atoms with Crippen molar-refractivity contribution in [3.8, 4) is 5.75 Å². The Hall–Kier alpha value is -2.94. The first-order valence-electron chi connectivity index (χ1n) is 11.0. The number of nitrogens with zero attached hydrogens (tertiary/aromatic N) is 2. The van der Waals surface area contributed by atoms with Crippen LogP contribution in [0.4, 0.5) is 11.4 Å². The molecule has 8 nitrogen and oxygen atoms in total. The number of carbonyl (C=O) groups is 2. The molecule has 3 aliphatic rings. The van der Waals surface area contributed by atoms with Crippen LogP contribution in [0.15, 0.2) is 42.5 Å². The van der Waals surface area contributed by atoms with E-state index < -0.39 is 0 Å². The van der Waals surface area contributed by atoms with Crippen molar-refractivity contribution in [1.82, 2.24) is 9.80 Å². The number of ether oxygens (including phenoxy) is 1. The van der Waals surface area contributed by atoms with Crippen molar-refractivity contribution in [2.75, 3.05) is 26.0 Å². The van der Waals surface area contributed by atoms with Crippen molar-refractivity contribution >= 4 is 23.7 Å². The molecule has 2 bridgehead atoms. The molecule has 3 aliphatic heterocycles. The summed E-state index contributed by atoms with van der Waals surface area (Å²) in [5.41, 5.74) is 5.10. The number of benzene rings is 2. The molecule has 2 aromatic carbocycles. The van der Waals surface area contributed by atoms with Gasteiger partial charge in [0.25, 0.3) is 0 Å². The predicted molar refractivity (Wildman–Crippen MR) is 120 cm³/mol. The number of rotatable bonds is 4. The molecule has 3 unspecified atom stereocenters. The minimum Gasteiger partial charge on any atom is -0.497 e. The molecule has 2 aromatic rings. The first-order valence-corrected chi connectivity index (χ1v) is 11.0. The van der Waals surface area contributed by atoms with E-state index in [9.17, 15) is 9.59 Å². The molecule has 0 spiro atoms. The van der Waals surface area contributed by atoms with Crippen molar-refractivity contribution in [2.45, 2.75) is 43.8 Å².